The first-order valence-electron chi connectivity index (χ1n) is 8.08. The van der Waals surface area contributed by atoms with E-state index >= 15 is 0 Å². The molecule has 0 saturated heterocycles. The van der Waals surface area contributed by atoms with E-state index in [-0.39, 0.29) is 5.91 Å². The van der Waals surface area contributed by atoms with Gasteiger partial charge in [0.25, 0.3) is 5.91 Å². The van der Waals surface area contributed by atoms with Gasteiger partial charge in [-0.15, -0.1) is 0 Å². The van der Waals surface area contributed by atoms with E-state index < -0.39 is 6.04 Å². The summed E-state index contributed by atoms with van der Waals surface area (Å²) >= 11 is 0. The number of amides is 1. The predicted octanol–water partition coefficient (Wildman–Crippen LogP) is 1.98. The molecule has 0 aliphatic heterocycles. The molecule has 0 aliphatic rings. The monoisotopic (exact) mass is 331 g/mol. The largest absolute Gasteiger partial charge is 0.385 e. The van der Waals surface area contributed by atoms with Gasteiger partial charge in [0.1, 0.15) is 0 Å². The van der Waals surface area contributed by atoms with Crippen LogP contribution in [0, 0.1) is 0 Å². The van der Waals surface area contributed by atoms with Crippen molar-refractivity contribution >= 4 is 5.91 Å². The molecule has 1 amide bonds. The maximum Gasteiger partial charge on any atom is 0.252 e. The van der Waals surface area contributed by atoms with Crippen molar-refractivity contribution < 1.29 is 14.3 Å². The topological polar surface area (TPSA) is 56.6 Å². The van der Waals surface area contributed by atoms with Gasteiger partial charge in [-0.1, -0.05) is 30.3 Å². The zero-order valence-electron chi connectivity index (χ0n) is 14.3. The molecule has 1 atom stereocenters. The molecule has 0 radical (unpaired) electrons. The SMILES string of the molecule is COCCCN(CCOC)C(=O)[C@H](c1ccccc1)n1cccn1. The minimum atomic E-state index is -0.472. The van der Waals surface area contributed by atoms with Gasteiger partial charge in [0, 0.05) is 46.3 Å². The number of nitrogens with zero attached hydrogens (tertiary/aromatic N) is 3. The second-order valence-corrected chi connectivity index (χ2v) is 5.46. The number of ether oxygens (including phenoxy) is 2. The molecular formula is C18H25N3O3. The van der Waals surface area contributed by atoms with Crippen LogP contribution in [-0.2, 0) is 14.3 Å². The molecule has 1 heterocycles. The standard InChI is InChI=1S/C18H25N3O3/c1-23-14-7-11-20(13-15-24-2)18(22)17(21-12-6-10-19-21)16-8-4-3-5-9-16/h3-6,8-10,12,17H,7,11,13-15H2,1-2H3/t17-/m0/s1. The Morgan fingerprint density at radius 2 is 1.88 bits per heavy atom. The van der Waals surface area contributed by atoms with Gasteiger partial charge in [0.05, 0.1) is 6.61 Å². The molecule has 0 spiro atoms. The van der Waals surface area contributed by atoms with Crippen LogP contribution in [0.3, 0.4) is 0 Å². The lowest BCUT2D eigenvalue weighted by molar-refractivity contribution is -0.134. The van der Waals surface area contributed by atoms with Crippen LogP contribution in [0.25, 0.3) is 0 Å². The van der Waals surface area contributed by atoms with Gasteiger partial charge in [-0.25, -0.2) is 0 Å². The van der Waals surface area contributed by atoms with Crippen molar-refractivity contribution in [3.05, 3.63) is 54.4 Å². The minimum absolute atomic E-state index is 0.0121. The lowest BCUT2D eigenvalue weighted by Gasteiger charge is -2.27. The Bertz CT molecular complexity index is 587. The average Bonchev–Trinajstić information content (AvgIpc) is 3.13. The molecule has 6 nitrogen and oxygen atoms in total. The summed E-state index contributed by atoms with van der Waals surface area (Å²) in [7, 11) is 3.30. The Hall–Kier alpha value is -2.18. The van der Waals surface area contributed by atoms with E-state index in [2.05, 4.69) is 5.10 Å². The molecule has 6 heteroatoms. The van der Waals surface area contributed by atoms with E-state index in [1.807, 2.05) is 47.5 Å². The number of carbonyl (C=O) groups excluding carboxylic acids is 1. The summed E-state index contributed by atoms with van der Waals surface area (Å²) in [6.07, 6.45) is 4.29. The van der Waals surface area contributed by atoms with Crippen LogP contribution in [0.2, 0.25) is 0 Å². The molecule has 0 N–H and O–H groups in total. The highest BCUT2D eigenvalue weighted by atomic mass is 16.5. The summed E-state index contributed by atoms with van der Waals surface area (Å²) in [5.41, 5.74) is 0.917. The van der Waals surface area contributed by atoms with Gasteiger partial charge in [-0.2, -0.15) is 5.10 Å². The van der Waals surface area contributed by atoms with Gasteiger partial charge < -0.3 is 14.4 Å². The molecule has 2 rings (SSSR count). The van der Waals surface area contributed by atoms with Crippen LogP contribution in [0.15, 0.2) is 48.8 Å². The summed E-state index contributed by atoms with van der Waals surface area (Å²) in [4.78, 5) is 15.0. The first-order chi connectivity index (χ1) is 11.8. The third kappa shape index (κ3) is 4.91. The third-order valence-electron chi connectivity index (χ3n) is 3.79. The summed E-state index contributed by atoms with van der Waals surface area (Å²) in [5.74, 6) is 0.0121. The Kier molecular flexibility index (Phi) is 7.45. The number of carbonyl (C=O) groups is 1. The number of hydrogen-bond donors (Lipinski definition) is 0. The number of aromatic nitrogens is 2. The van der Waals surface area contributed by atoms with Crippen molar-refractivity contribution in [3.63, 3.8) is 0 Å². The van der Waals surface area contributed by atoms with E-state index in [1.165, 1.54) is 0 Å². The molecule has 2 aromatic rings. The molecule has 0 fully saturated rings. The highest BCUT2D eigenvalue weighted by molar-refractivity contribution is 5.83. The lowest BCUT2D eigenvalue weighted by atomic mass is 10.1. The number of rotatable bonds is 10. The van der Waals surface area contributed by atoms with Crippen molar-refractivity contribution in [2.75, 3.05) is 40.5 Å². The van der Waals surface area contributed by atoms with E-state index in [9.17, 15) is 4.79 Å². The summed E-state index contributed by atoms with van der Waals surface area (Å²) in [6, 6.07) is 11.1. The van der Waals surface area contributed by atoms with E-state index in [1.54, 1.807) is 25.1 Å². The van der Waals surface area contributed by atoms with Crippen molar-refractivity contribution in [1.29, 1.82) is 0 Å². The molecule has 24 heavy (non-hydrogen) atoms. The quantitative estimate of drug-likeness (QED) is 0.625. The van der Waals surface area contributed by atoms with Crippen molar-refractivity contribution in [2.45, 2.75) is 12.5 Å². The molecule has 0 unspecified atom stereocenters. The molecular weight excluding hydrogens is 306 g/mol. The van der Waals surface area contributed by atoms with Gasteiger partial charge in [-0.05, 0) is 18.1 Å². The van der Waals surface area contributed by atoms with E-state index in [4.69, 9.17) is 9.47 Å². The lowest BCUT2D eigenvalue weighted by Crippen LogP contribution is -2.40. The van der Waals surface area contributed by atoms with Gasteiger partial charge in [0.2, 0.25) is 0 Å². The predicted molar refractivity (Wildman–Crippen MR) is 91.8 cm³/mol. The van der Waals surface area contributed by atoms with Crippen molar-refractivity contribution in [1.82, 2.24) is 14.7 Å². The second-order valence-electron chi connectivity index (χ2n) is 5.46. The second kappa shape index (κ2) is 9.85. The first kappa shape index (κ1) is 18.2. The zero-order valence-corrected chi connectivity index (χ0v) is 14.3. The molecule has 0 bridgehead atoms. The summed E-state index contributed by atoms with van der Waals surface area (Å²) < 4.78 is 12.0. The normalized spacial score (nSPS) is 12.1. The third-order valence-corrected chi connectivity index (χ3v) is 3.79. The Balaban J connectivity index is 2.23. The number of hydrogen-bond acceptors (Lipinski definition) is 4. The smallest absolute Gasteiger partial charge is 0.252 e. The van der Waals surface area contributed by atoms with Crippen LogP contribution in [0.1, 0.15) is 18.0 Å². The Labute approximate surface area is 143 Å². The van der Waals surface area contributed by atoms with Crippen LogP contribution in [-0.4, -0.2) is 61.1 Å². The number of methoxy groups -OCH3 is 2. The van der Waals surface area contributed by atoms with E-state index in [0.717, 1.165) is 12.0 Å². The molecule has 0 saturated carbocycles. The van der Waals surface area contributed by atoms with Gasteiger partial charge in [0.15, 0.2) is 6.04 Å². The first-order valence-corrected chi connectivity index (χ1v) is 8.08. The Morgan fingerprint density at radius 1 is 1.12 bits per heavy atom. The van der Waals surface area contributed by atoms with Crippen LogP contribution >= 0.6 is 0 Å². The van der Waals surface area contributed by atoms with Crippen molar-refractivity contribution in [2.24, 2.45) is 0 Å². The van der Waals surface area contributed by atoms with Crippen LogP contribution < -0.4 is 0 Å². The minimum Gasteiger partial charge on any atom is -0.385 e. The molecule has 1 aromatic carbocycles. The number of benzene rings is 1. The zero-order chi connectivity index (χ0) is 17.2. The summed E-state index contributed by atoms with van der Waals surface area (Å²) in [6.45, 7) is 2.29. The average molecular weight is 331 g/mol. The molecule has 1 aromatic heterocycles. The van der Waals surface area contributed by atoms with Crippen LogP contribution in [0.5, 0.6) is 0 Å². The highest BCUT2D eigenvalue weighted by Gasteiger charge is 2.27. The highest BCUT2D eigenvalue weighted by Crippen LogP contribution is 2.20. The van der Waals surface area contributed by atoms with Gasteiger partial charge in [-0.3, -0.25) is 9.48 Å². The fraction of sp³-hybridized carbons (Fsp3) is 0.444. The van der Waals surface area contributed by atoms with E-state index in [0.29, 0.717) is 26.3 Å². The molecule has 130 valence electrons. The maximum atomic E-state index is 13.2. The Morgan fingerprint density at radius 3 is 2.50 bits per heavy atom. The van der Waals surface area contributed by atoms with Gasteiger partial charge >= 0.3 is 0 Å². The fourth-order valence-electron chi connectivity index (χ4n) is 2.58. The van der Waals surface area contributed by atoms with Crippen LogP contribution in [0.4, 0.5) is 0 Å². The molecule has 0 aliphatic carbocycles. The maximum absolute atomic E-state index is 13.2. The fourth-order valence-corrected chi connectivity index (χ4v) is 2.58. The van der Waals surface area contributed by atoms with Crippen molar-refractivity contribution in [3.8, 4) is 0 Å². The summed E-state index contributed by atoms with van der Waals surface area (Å²) in [5, 5.41) is 4.29.